The van der Waals surface area contributed by atoms with Crippen LogP contribution in [0, 0.1) is 5.82 Å². The van der Waals surface area contributed by atoms with Gasteiger partial charge in [0.25, 0.3) is 0 Å². The first-order valence-electron chi connectivity index (χ1n) is 11.2. The molecule has 2 aromatic carbocycles. The Kier molecular flexibility index (Phi) is 9.26. The van der Waals surface area contributed by atoms with E-state index >= 15 is 0 Å². The second kappa shape index (κ2) is 12.1. The van der Waals surface area contributed by atoms with E-state index in [0.29, 0.717) is 31.1 Å². The number of methoxy groups -OCH3 is 1. The molecule has 1 aliphatic heterocycles. The van der Waals surface area contributed by atoms with Crippen molar-refractivity contribution in [2.24, 2.45) is 0 Å². The second-order valence-electron chi connectivity index (χ2n) is 8.09. The van der Waals surface area contributed by atoms with Gasteiger partial charge in [-0.25, -0.2) is 17.1 Å². The Labute approximate surface area is 200 Å². The minimum Gasteiger partial charge on any atom is -0.493 e. The molecular formula is C24H31FN2O6S. The summed E-state index contributed by atoms with van der Waals surface area (Å²) < 4.78 is 56.0. The number of amides is 1. The maximum absolute atomic E-state index is 13.0. The molecular weight excluding hydrogens is 463 g/mol. The monoisotopic (exact) mass is 494 g/mol. The quantitative estimate of drug-likeness (QED) is 0.487. The minimum atomic E-state index is -3.73. The molecule has 0 saturated carbocycles. The molecule has 1 heterocycles. The topological polar surface area (TPSA) is 94.2 Å². The van der Waals surface area contributed by atoms with Gasteiger partial charge >= 0.3 is 0 Å². The van der Waals surface area contributed by atoms with E-state index in [2.05, 4.69) is 5.32 Å². The van der Waals surface area contributed by atoms with Gasteiger partial charge in [-0.1, -0.05) is 6.07 Å². The molecule has 1 aliphatic rings. The molecule has 1 saturated heterocycles. The van der Waals surface area contributed by atoms with Crippen molar-refractivity contribution >= 4 is 15.9 Å². The van der Waals surface area contributed by atoms with Crippen LogP contribution in [0.5, 0.6) is 11.5 Å². The highest BCUT2D eigenvalue weighted by Gasteiger charge is 2.21. The zero-order valence-corrected chi connectivity index (χ0v) is 20.3. The van der Waals surface area contributed by atoms with Gasteiger partial charge in [0.1, 0.15) is 12.4 Å². The van der Waals surface area contributed by atoms with E-state index in [-0.39, 0.29) is 29.9 Å². The van der Waals surface area contributed by atoms with Gasteiger partial charge in [-0.2, -0.15) is 0 Å². The fraction of sp³-hybridized carbons (Fsp3) is 0.458. The van der Waals surface area contributed by atoms with Gasteiger partial charge in [-0.15, -0.1) is 0 Å². The van der Waals surface area contributed by atoms with E-state index in [0.717, 1.165) is 41.4 Å². The average molecular weight is 495 g/mol. The van der Waals surface area contributed by atoms with Crippen LogP contribution in [0.15, 0.2) is 47.4 Å². The van der Waals surface area contributed by atoms with Crippen LogP contribution in [0.4, 0.5) is 4.39 Å². The first-order chi connectivity index (χ1) is 16.3. The van der Waals surface area contributed by atoms with Crippen molar-refractivity contribution < 1.29 is 31.8 Å². The molecule has 34 heavy (non-hydrogen) atoms. The lowest BCUT2D eigenvalue weighted by Gasteiger charge is -2.17. The Morgan fingerprint density at radius 1 is 1.21 bits per heavy atom. The molecule has 186 valence electrons. The standard InChI is InChI=1S/C24H31FN2O6S/c1-27(34(29,30)21-10-8-19(25)9-11-21)13-3-6-24(28)26-16-18-7-12-22(23(15-18)31-2)33-17-20-5-4-14-32-20/h7-12,15,20H,3-6,13-14,16-17H2,1-2H3,(H,26,28). The number of hydrogen-bond acceptors (Lipinski definition) is 6. The maximum atomic E-state index is 13.0. The van der Waals surface area contributed by atoms with E-state index < -0.39 is 15.8 Å². The number of rotatable bonds is 12. The third-order valence-corrected chi connectivity index (χ3v) is 7.44. The van der Waals surface area contributed by atoms with E-state index in [4.69, 9.17) is 14.2 Å². The molecule has 0 radical (unpaired) electrons. The summed E-state index contributed by atoms with van der Waals surface area (Å²) in [7, 11) is -0.731. The van der Waals surface area contributed by atoms with Gasteiger partial charge in [-0.3, -0.25) is 4.79 Å². The zero-order chi connectivity index (χ0) is 24.6. The van der Waals surface area contributed by atoms with Crippen LogP contribution < -0.4 is 14.8 Å². The molecule has 3 rings (SSSR count). The summed E-state index contributed by atoms with van der Waals surface area (Å²) in [5, 5.41) is 2.83. The van der Waals surface area contributed by atoms with Crippen LogP contribution in [0.25, 0.3) is 0 Å². The Morgan fingerprint density at radius 3 is 2.65 bits per heavy atom. The Hall–Kier alpha value is -2.69. The lowest BCUT2D eigenvalue weighted by atomic mass is 10.2. The molecule has 1 N–H and O–H groups in total. The third kappa shape index (κ3) is 7.15. The number of benzene rings is 2. The van der Waals surface area contributed by atoms with Crippen LogP contribution >= 0.6 is 0 Å². The molecule has 2 aromatic rings. The Morgan fingerprint density at radius 2 is 1.97 bits per heavy atom. The fourth-order valence-corrected chi connectivity index (χ4v) is 4.77. The van der Waals surface area contributed by atoms with Crippen molar-refractivity contribution in [3.63, 3.8) is 0 Å². The second-order valence-corrected chi connectivity index (χ2v) is 10.1. The summed E-state index contributed by atoms with van der Waals surface area (Å²) in [5.41, 5.74) is 0.852. The number of nitrogens with zero attached hydrogens (tertiary/aromatic N) is 1. The average Bonchev–Trinajstić information content (AvgIpc) is 3.35. The van der Waals surface area contributed by atoms with Crippen molar-refractivity contribution in [2.45, 2.75) is 43.2 Å². The van der Waals surface area contributed by atoms with Gasteiger partial charge in [0, 0.05) is 33.2 Å². The van der Waals surface area contributed by atoms with E-state index in [1.165, 1.54) is 19.2 Å². The van der Waals surface area contributed by atoms with E-state index in [9.17, 15) is 17.6 Å². The number of halogens is 1. The molecule has 0 aliphatic carbocycles. The van der Waals surface area contributed by atoms with Gasteiger partial charge in [-0.05, 0) is 61.2 Å². The molecule has 0 aromatic heterocycles. The minimum absolute atomic E-state index is 0.0120. The van der Waals surface area contributed by atoms with Crippen LogP contribution in [0.1, 0.15) is 31.2 Å². The smallest absolute Gasteiger partial charge is 0.242 e. The lowest BCUT2D eigenvalue weighted by Crippen LogP contribution is -2.29. The molecule has 10 heteroatoms. The number of hydrogen-bond donors (Lipinski definition) is 1. The van der Waals surface area contributed by atoms with Crippen LogP contribution in [0.3, 0.4) is 0 Å². The van der Waals surface area contributed by atoms with Gasteiger partial charge in [0.05, 0.1) is 18.1 Å². The molecule has 1 amide bonds. The zero-order valence-electron chi connectivity index (χ0n) is 19.5. The summed E-state index contributed by atoms with van der Waals surface area (Å²) in [6, 6.07) is 10.1. The summed E-state index contributed by atoms with van der Waals surface area (Å²) in [6.07, 6.45) is 2.66. The molecule has 0 spiro atoms. The number of nitrogens with one attached hydrogen (secondary N) is 1. The van der Waals surface area contributed by atoms with Crippen molar-refractivity contribution in [1.29, 1.82) is 0 Å². The van der Waals surface area contributed by atoms with Crippen molar-refractivity contribution in [3.05, 3.63) is 53.8 Å². The molecule has 8 nitrogen and oxygen atoms in total. The highest BCUT2D eigenvalue weighted by molar-refractivity contribution is 7.89. The van der Waals surface area contributed by atoms with Crippen molar-refractivity contribution in [1.82, 2.24) is 9.62 Å². The van der Waals surface area contributed by atoms with Gasteiger partial charge in [0.2, 0.25) is 15.9 Å². The molecule has 1 atom stereocenters. The number of carbonyl (C=O) groups excluding carboxylic acids is 1. The lowest BCUT2D eigenvalue weighted by molar-refractivity contribution is -0.121. The van der Waals surface area contributed by atoms with Crippen LogP contribution in [-0.2, 0) is 26.1 Å². The molecule has 0 bridgehead atoms. The first kappa shape index (κ1) is 25.9. The highest BCUT2D eigenvalue weighted by atomic mass is 32.2. The first-order valence-corrected chi connectivity index (χ1v) is 12.6. The Balaban J connectivity index is 1.43. The normalized spacial score (nSPS) is 15.9. The van der Waals surface area contributed by atoms with Gasteiger partial charge in [0.15, 0.2) is 11.5 Å². The van der Waals surface area contributed by atoms with E-state index in [1.54, 1.807) is 7.11 Å². The SMILES string of the molecule is COc1cc(CNC(=O)CCCN(C)S(=O)(=O)c2ccc(F)cc2)ccc1OCC1CCCO1. The predicted molar refractivity (Wildman–Crippen MR) is 125 cm³/mol. The molecule has 1 unspecified atom stereocenters. The largest absolute Gasteiger partial charge is 0.493 e. The summed E-state index contributed by atoms with van der Waals surface area (Å²) in [5.74, 6) is 0.512. The molecule has 1 fully saturated rings. The summed E-state index contributed by atoms with van der Waals surface area (Å²) in [4.78, 5) is 12.2. The number of ether oxygens (including phenoxy) is 3. The Bertz CT molecular complexity index is 1060. The number of sulfonamides is 1. The van der Waals surface area contributed by atoms with E-state index in [1.807, 2.05) is 18.2 Å². The van der Waals surface area contributed by atoms with Gasteiger partial charge < -0.3 is 19.5 Å². The fourth-order valence-electron chi connectivity index (χ4n) is 3.56. The summed E-state index contributed by atoms with van der Waals surface area (Å²) in [6.45, 7) is 1.71. The van der Waals surface area contributed by atoms with Crippen molar-refractivity contribution in [3.8, 4) is 11.5 Å². The van der Waals surface area contributed by atoms with Crippen LogP contribution in [-0.4, -0.2) is 58.7 Å². The van der Waals surface area contributed by atoms with Crippen molar-refractivity contribution in [2.75, 3.05) is 33.9 Å². The predicted octanol–water partition coefficient (Wildman–Crippen LogP) is 3.11. The number of carbonyl (C=O) groups is 1. The summed E-state index contributed by atoms with van der Waals surface area (Å²) >= 11 is 0. The maximum Gasteiger partial charge on any atom is 0.242 e. The third-order valence-electron chi connectivity index (χ3n) is 5.57. The highest BCUT2D eigenvalue weighted by Crippen LogP contribution is 2.29. The van der Waals surface area contributed by atoms with Crippen LogP contribution in [0.2, 0.25) is 0 Å².